The molecular weight excluding hydrogens is 451 g/mol. The van der Waals surface area contributed by atoms with E-state index in [0.29, 0.717) is 18.2 Å². The Morgan fingerprint density at radius 3 is 1.65 bits per heavy atom. The summed E-state index contributed by atoms with van der Waals surface area (Å²) in [4.78, 5) is 0. The Morgan fingerprint density at radius 1 is 0.581 bits per heavy atom. The first kappa shape index (κ1) is 26.4. The summed E-state index contributed by atoms with van der Waals surface area (Å²) >= 11 is 18.0. The summed E-state index contributed by atoms with van der Waals surface area (Å²) in [7, 11) is 0. The van der Waals surface area contributed by atoms with E-state index >= 15 is 0 Å². The maximum atomic E-state index is 6.59. The van der Waals surface area contributed by atoms with Crippen molar-refractivity contribution in [2.75, 3.05) is 25.0 Å². The lowest BCUT2D eigenvalue weighted by Gasteiger charge is -2.15. The zero-order valence-electron chi connectivity index (χ0n) is 18.7. The minimum absolute atomic E-state index is 0.622. The van der Waals surface area contributed by atoms with Gasteiger partial charge in [-0.2, -0.15) is 0 Å². The van der Waals surface area contributed by atoms with Gasteiger partial charge in [0.05, 0.1) is 18.2 Å². The van der Waals surface area contributed by atoms with Crippen LogP contribution in [0.5, 0.6) is 11.5 Å². The predicted octanol–water partition coefficient (Wildman–Crippen LogP) is 9.41. The van der Waals surface area contributed by atoms with Gasteiger partial charge in [-0.3, -0.25) is 0 Å². The molecule has 2 nitrogen and oxygen atoms in total. The predicted molar refractivity (Wildman–Crippen MR) is 137 cm³/mol. The summed E-state index contributed by atoms with van der Waals surface area (Å²) in [5.41, 5.74) is 0. The van der Waals surface area contributed by atoms with Crippen LogP contribution in [-0.2, 0) is 0 Å². The average molecular weight is 488 g/mol. The van der Waals surface area contributed by atoms with Gasteiger partial charge in [0.25, 0.3) is 0 Å². The van der Waals surface area contributed by atoms with E-state index in [9.17, 15) is 0 Å². The minimum atomic E-state index is 0.622. The Balaban J connectivity index is 1.82. The Bertz CT molecular complexity index is 736. The van der Waals surface area contributed by atoms with Crippen LogP contribution >= 0.6 is 34.8 Å². The largest absolute Gasteiger partial charge is 0.493 e. The van der Waals surface area contributed by atoms with Crippen LogP contribution in [0.4, 0.5) is 0 Å². The molecule has 0 unspecified atom stereocenters. The zero-order valence-corrected chi connectivity index (χ0v) is 20.9. The van der Waals surface area contributed by atoms with Crippen molar-refractivity contribution in [1.29, 1.82) is 0 Å². The molecule has 0 amide bonds. The number of fused-ring (bicyclic) bond motifs is 1. The van der Waals surface area contributed by atoms with Crippen molar-refractivity contribution in [2.24, 2.45) is 0 Å². The quantitative estimate of drug-likeness (QED) is 0.154. The number of alkyl halides is 2. The molecule has 174 valence electrons. The molecule has 0 spiro atoms. The maximum absolute atomic E-state index is 6.59. The normalized spacial score (nSPS) is 11.2. The number of halogens is 3. The second-order valence-corrected chi connectivity index (χ2v) is 9.21. The first-order valence-electron chi connectivity index (χ1n) is 11.9. The molecule has 0 aliphatic rings. The van der Waals surface area contributed by atoms with Gasteiger partial charge in [0.15, 0.2) is 0 Å². The van der Waals surface area contributed by atoms with Crippen molar-refractivity contribution < 1.29 is 9.47 Å². The Kier molecular flexibility index (Phi) is 14.3. The number of rotatable bonds is 18. The monoisotopic (exact) mass is 486 g/mol. The highest BCUT2D eigenvalue weighted by Gasteiger charge is 2.13. The molecular formula is C26H37Cl3O2. The lowest BCUT2D eigenvalue weighted by molar-refractivity contribution is 0.301. The van der Waals surface area contributed by atoms with Crippen molar-refractivity contribution in [3.8, 4) is 11.5 Å². The number of unbranched alkanes of at least 4 members (excludes halogenated alkanes) is 10. The van der Waals surface area contributed by atoms with Gasteiger partial charge in [0.1, 0.15) is 11.5 Å². The number of benzene rings is 2. The van der Waals surface area contributed by atoms with Crippen molar-refractivity contribution in [2.45, 2.75) is 77.0 Å². The zero-order chi connectivity index (χ0) is 22.2. The summed E-state index contributed by atoms with van der Waals surface area (Å²) in [6.07, 6.45) is 14.1. The third-order valence-electron chi connectivity index (χ3n) is 5.47. The number of ether oxygens (including phenoxy) is 2. The van der Waals surface area contributed by atoms with Gasteiger partial charge in [0.2, 0.25) is 0 Å². The van der Waals surface area contributed by atoms with Gasteiger partial charge in [-0.25, -0.2) is 0 Å². The van der Waals surface area contributed by atoms with Crippen LogP contribution in [0.15, 0.2) is 30.3 Å². The molecule has 0 atom stereocenters. The highest BCUT2D eigenvalue weighted by Crippen LogP contribution is 2.39. The molecule has 31 heavy (non-hydrogen) atoms. The van der Waals surface area contributed by atoms with Crippen LogP contribution in [0.25, 0.3) is 10.8 Å². The topological polar surface area (TPSA) is 18.5 Å². The van der Waals surface area contributed by atoms with Gasteiger partial charge in [-0.15, -0.1) is 23.2 Å². The van der Waals surface area contributed by atoms with Crippen LogP contribution < -0.4 is 9.47 Å². The third kappa shape index (κ3) is 10.1. The lowest BCUT2D eigenvalue weighted by Crippen LogP contribution is -2.01. The molecule has 0 fully saturated rings. The Morgan fingerprint density at radius 2 is 1.06 bits per heavy atom. The smallest absolute Gasteiger partial charge is 0.145 e. The highest BCUT2D eigenvalue weighted by molar-refractivity contribution is 6.33. The van der Waals surface area contributed by atoms with Crippen LogP contribution in [0.1, 0.15) is 77.0 Å². The summed E-state index contributed by atoms with van der Waals surface area (Å²) < 4.78 is 12.2. The van der Waals surface area contributed by atoms with E-state index in [1.54, 1.807) is 0 Å². The van der Waals surface area contributed by atoms with E-state index in [4.69, 9.17) is 44.3 Å². The van der Waals surface area contributed by atoms with Crippen molar-refractivity contribution in [3.05, 3.63) is 35.4 Å². The third-order valence-corrected chi connectivity index (χ3v) is 6.29. The second kappa shape index (κ2) is 16.8. The number of hydrogen-bond acceptors (Lipinski definition) is 2. The van der Waals surface area contributed by atoms with Crippen molar-refractivity contribution in [1.82, 2.24) is 0 Å². The molecule has 0 aromatic heterocycles. The molecule has 0 saturated carbocycles. The minimum Gasteiger partial charge on any atom is -0.493 e. The molecule has 2 aromatic rings. The SMILES string of the molecule is ClCCCCCCCCOc1cc(Cl)c(OCCCCCCCCCl)c2ccccc12. The van der Waals surface area contributed by atoms with Gasteiger partial charge < -0.3 is 9.47 Å². The molecule has 0 aliphatic heterocycles. The van der Waals surface area contributed by atoms with E-state index in [-0.39, 0.29) is 0 Å². The molecule has 2 rings (SSSR count). The molecule has 0 bridgehead atoms. The lowest BCUT2D eigenvalue weighted by atomic mass is 10.1. The molecule has 0 saturated heterocycles. The Hall–Kier alpha value is -0.830. The van der Waals surface area contributed by atoms with Crippen molar-refractivity contribution in [3.63, 3.8) is 0 Å². The fraction of sp³-hybridized carbons (Fsp3) is 0.615. The standard InChI is InChI=1S/C26H37Cl3O2/c27-17-11-5-1-3-7-13-19-30-25-21-24(29)26(23-16-10-9-15-22(23)25)31-20-14-8-4-2-6-12-18-28/h9-10,15-16,21H,1-8,11-14,17-20H2. The first-order valence-corrected chi connectivity index (χ1v) is 13.3. The van der Waals surface area contributed by atoms with Gasteiger partial charge in [-0.05, 0) is 25.7 Å². The molecule has 2 aromatic carbocycles. The highest BCUT2D eigenvalue weighted by atomic mass is 35.5. The summed E-state index contributed by atoms with van der Waals surface area (Å²) in [5, 5.41) is 2.70. The van der Waals surface area contributed by atoms with E-state index < -0.39 is 0 Å². The molecule has 0 radical (unpaired) electrons. The van der Waals surface area contributed by atoms with E-state index in [1.807, 2.05) is 18.2 Å². The van der Waals surface area contributed by atoms with Gasteiger partial charge in [0, 0.05) is 28.6 Å². The summed E-state index contributed by atoms with van der Waals surface area (Å²) in [6, 6.07) is 10.1. The van der Waals surface area contributed by atoms with Crippen molar-refractivity contribution >= 4 is 45.6 Å². The van der Waals surface area contributed by atoms with Gasteiger partial charge >= 0.3 is 0 Å². The van der Waals surface area contributed by atoms with Crippen LogP contribution in [0, 0.1) is 0 Å². The van der Waals surface area contributed by atoms with E-state index in [2.05, 4.69) is 12.1 Å². The van der Waals surface area contributed by atoms with E-state index in [0.717, 1.165) is 59.7 Å². The molecule has 0 N–H and O–H groups in total. The molecule has 0 heterocycles. The van der Waals surface area contributed by atoms with E-state index in [1.165, 1.54) is 51.4 Å². The van der Waals surface area contributed by atoms with Crippen LogP contribution in [0.2, 0.25) is 5.02 Å². The first-order chi connectivity index (χ1) is 15.3. The maximum Gasteiger partial charge on any atom is 0.145 e. The summed E-state index contributed by atoms with van der Waals surface area (Å²) in [5.74, 6) is 3.15. The fourth-order valence-corrected chi connectivity index (χ4v) is 4.35. The Labute approximate surface area is 203 Å². The summed E-state index contributed by atoms with van der Waals surface area (Å²) in [6.45, 7) is 1.39. The fourth-order valence-electron chi connectivity index (χ4n) is 3.71. The second-order valence-electron chi connectivity index (χ2n) is 8.05. The van der Waals surface area contributed by atoms with Crippen LogP contribution in [0.3, 0.4) is 0 Å². The molecule has 5 heteroatoms. The number of hydrogen-bond donors (Lipinski definition) is 0. The molecule has 0 aliphatic carbocycles. The average Bonchev–Trinajstić information content (AvgIpc) is 2.79. The van der Waals surface area contributed by atoms with Crippen LogP contribution in [-0.4, -0.2) is 25.0 Å². The van der Waals surface area contributed by atoms with Gasteiger partial charge in [-0.1, -0.05) is 87.2 Å².